The van der Waals surface area contributed by atoms with Gasteiger partial charge in [-0.15, -0.1) is 0 Å². The molecule has 0 unspecified atom stereocenters. The van der Waals surface area contributed by atoms with Crippen molar-refractivity contribution in [3.05, 3.63) is 58.9 Å². The van der Waals surface area contributed by atoms with E-state index in [0.29, 0.717) is 28.2 Å². The monoisotopic (exact) mass is 1130 g/mol. The highest BCUT2D eigenvalue weighted by Crippen LogP contribution is 2.32. The second kappa shape index (κ2) is 31.2. The van der Waals surface area contributed by atoms with Crippen molar-refractivity contribution in [2.45, 2.75) is 95.3 Å². The first-order valence-electron chi connectivity index (χ1n) is 26.3. The Labute approximate surface area is 461 Å². The third-order valence-corrected chi connectivity index (χ3v) is 13.8. The van der Waals surface area contributed by atoms with Crippen LogP contribution in [0.15, 0.2) is 36.4 Å². The Morgan fingerprint density at radius 3 is 1.86 bits per heavy atom. The second-order valence-electron chi connectivity index (χ2n) is 20.2. The summed E-state index contributed by atoms with van der Waals surface area (Å²) in [5.74, 6) is -7.93. The van der Waals surface area contributed by atoms with Gasteiger partial charge in [0.05, 0.1) is 55.7 Å². The molecule has 0 aliphatic carbocycles. The third kappa shape index (κ3) is 20.9. The van der Waals surface area contributed by atoms with E-state index in [4.69, 9.17) is 0 Å². The number of aromatic amines is 1. The summed E-state index contributed by atoms with van der Waals surface area (Å²) in [6.07, 6.45) is -6.39. The van der Waals surface area contributed by atoms with Crippen LogP contribution in [0.2, 0.25) is 0 Å². The number of carbonyl (C=O) groups excluding carboxylic acids is 2. The molecule has 0 radical (unpaired) electrons. The smallest absolute Gasteiger partial charge is 0.317 e. The molecule has 14 N–H and O–H groups in total. The zero-order chi connectivity index (χ0) is 58.6. The fraction of sp³-hybridized carbons (Fsp3) is 0.588. The number of aliphatic carboxylic acids is 6. The zero-order valence-electron chi connectivity index (χ0n) is 44.9. The van der Waals surface area contributed by atoms with Gasteiger partial charge in [-0.25, -0.2) is 4.98 Å². The first-order chi connectivity index (χ1) is 37.9. The van der Waals surface area contributed by atoms with Crippen molar-refractivity contribution in [2.24, 2.45) is 0 Å². The van der Waals surface area contributed by atoms with Gasteiger partial charge in [0.1, 0.15) is 30.5 Å². The lowest BCUT2D eigenvalue weighted by Crippen LogP contribution is -2.57. The molecule has 1 saturated heterocycles. The number of imidazole rings is 1. The lowest BCUT2D eigenvalue weighted by molar-refractivity contribution is -0.141. The molecule has 6 atom stereocenters. The number of β-amino-alcohol motifs (C(OH)–C–C–N with tert-alkyl or cyclic N) is 1. The van der Waals surface area contributed by atoms with E-state index < -0.39 is 104 Å². The Kier molecular flexibility index (Phi) is 24.9. The van der Waals surface area contributed by atoms with Crippen LogP contribution in [0.1, 0.15) is 67.3 Å². The first kappa shape index (κ1) is 63.9. The van der Waals surface area contributed by atoms with Crippen LogP contribution in [-0.4, -0.2) is 262 Å². The number of nitrogens with zero attached hydrogens (tertiary/aromatic N) is 7. The van der Waals surface area contributed by atoms with Crippen LogP contribution in [0.3, 0.4) is 0 Å². The quantitative estimate of drug-likeness (QED) is 0.0250. The average molecular weight is 1130 g/mol. The molecule has 2 aliphatic rings. The van der Waals surface area contributed by atoms with E-state index in [9.17, 15) is 84.3 Å². The second-order valence-corrected chi connectivity index (χ2v) is 20.2. The lowest BCUT2D eigenvalue weighted by atomic mass is 10.0. The summed E-state index contributed by atoms with van der Waals surface area (Å²) in [5, 5.41) is 103. The SMILES string of the molecule is Cc1cc2c(cc1[C@H](O)N(C)Cc1nc3ccccc3[nH]1)CN(CCCN[C@@H](O)[C@H](CCC(=O)O)NC(=O)[C@H](CCC(=O)O)N[C@@H](O)CN1CCN(CC(=O)O)CCN(CC(=O)O)CCN(CC(=O)O)CC1)C(=O)[C@H](CC(=O)O)N2. The number of carboxylic acid groups (broad SMARTS) is 6. The number of aliphatic hydroxyl groups excluding tert-OH is 3. The molecule has 1 fully saturated rings. The van der Waals surface area contributed by atoms with Crippen molar-refractivity contribution in [1.29, 1.82) is 0 Å². The fourth-order valence-electron chi connectivity index (χ4n) is 9.64. The standard InChI is InChI=1S/C51H76N12O17/c1-31-22-38-32(23-33(31)50(79)58(2)26-40-54-34-6-3-4-7-35(34)55-40)25-63(51(80)39(53-38)24-44(69)70)13-5-12-52-48(77)36(8-10-42(65)66)57-49(78)37(9-11-43(67)68)56-41(64)27-59-14-16-60(28-45(71)72)18-20-62(30-47(75)76)21-19-61(17-15-59)29-46(73)74/h3-4,6-7,22-23,36-37,39,41,48,50,52-53,56,64,77,79H,5,8-21,24-30H2,1-2H3,(H,54,55)(H,57,78)(H,65,66)(H,67,68)(H,69,70)(H,71,72)(H,73,74)(H,75,76)/t36-,37-,39-,41-,48-,50-/m0/s1. The van der Waals surface area contributed by atoms with Crippen molar-refractivity contribution in [2.75, 3.05) is 104 Å². The molecule has 2 amide bonds. The Balaban J connectivity index is 1.25. The van der Waals surface area contributed by atoms with Gasteiger partial charge in [0.25, 0.3) is 0 Å². The van der Waals surface area contributed by atoms with Gasteiger partial charge in [0.15, 0.2) is 0 Å². The summed E-state index contributed by atoms with van der Waals surface area (Å²) in [5.41, 5.74) is 3.94. The minimum absolute atomic E-state index is 0.0116. The number of aromatic nitrogens is 2. The number of benzene rings is 2. The number of anilines is 1. The largest absolute Gasteiger partial charge is 0.481 e. The number of aryl methyl sites for hydroxylation is 1. The molecular formula is C51H76N12O17. The topological polar surface area (TPSA) is 415 Å². The number of rotatable bonds is 30. The van der Waals surface area contributed by atoms with Crippen LogP contribution in [-0.2, 0) is 51.4 Å². The number of hydrogen-bond acceptors (Lipinski definition) is 20. The third-order valence-electron chi connectivity index (χ3n) is 13.8. The number of H-pyrrole nitrogens is 1. The van der Waals surface area contributed by atoms with Gasteiger partial charge in [0.2, 0.25) is 11.8 Å². The number of aliphatic hydroxyl groups is 3. The maximum Gasteiger partial charge on any atom is 0.317 e. The molecule has 2 aromatic carbocycles. The molecule has 29 nitrogen and oxygen atoms in total. The Morgan fingerprint density at radius 2 is 1.31 bits per heavy atom. The van der Waals surface area contributed by atoms with Crippen molar-refractivity contribution < 1.29 is 84.3 Å². The van der Waals surface area contributed by atoms with Crippen LogP contribution in [0, 0.1) is 6.92 Å². The van der Waals surface area contributed by atoms with E-state index in [2.05, 4.69) is 31.2 Å². The number of fused-ring (bicyclic) bond motifs is 2. The summed E-state index contributed by atoms with van der Waals surface area (Å²) in [6, 6.07) is 7.16. The number of nitrogens with one attached hydrogen (secondary N) is 5. The van der Waals surface area contributed by atoms with E-state index in [1.807, 2.05) is 24.3 Å². The van der Waals surface area contributed by atoms with Gasteiger partial charge in [-0.05, 0) is 80.7 Å². The molecule has 3 heterocycles. The predicted molar refractivity (Wildman–Crippen MR) is 285 cm³/mol. The summed E-state index contributed by atoms with van der Waals surface area (Å²) >= 11 is 0. The van der Waals surface area contributed by atoms with Gasteiger partial charge in [-0.2, -0.15) is 0 Å². The summed E-state index contributed by atoms with van der Waals surface area (Å²) in [7, 11) is 1.73. The number of carboxylic acids is 6. The number of carbonyl (C=O) groups is 8. The Morgan fingerprint density at radius 1 is 0.750 bits per heavy atom. The van der Waals surface area contributed by atoms with Crippen molar-refractivity contribution >= 4 is 64.4 Å². The van der Waals surface area contributed by atoms with Crippen molar-refractivity contribution in [1.82, 2.24) is 55.3 Å². The summed E-state index contributed by atoms with van der Waals surface area (Å²) in [4.78, 5) is 116. The molecule has 3 aromatic rings. The Hall–Kier alpha value is -6.93. The Bertz CT molecular complexity index is 2540. The van der Waals surface area contributed by atoms with Gasteiger partial charge >= 0.3 is 35.8 Å². The van der Waals surface area contributed by atoms with Crippen LogP contribution >= 0.6 is 0 Å². The number of hydrogen-bond donors (Lipinski definition) is 14. The van der Waals surface area contributed by atoms with E-state index in [1.165, 1.54) is 4.90 Å². The van der Waals surface area contributed by atoms with Crippen LogP contribution < -0.4 is 21.3 Å². The molecule has 0 bridgehead atoms. The van der Waals surface area contributed by atoms with Gasteiger partial charge in [-0.3, -0.25) is 73.5 Å². The van der Waals surface area contributed by atoms with Gasteiger partial charge in [0, 0.05) is 90.5 Å². The van der Waals surface area contributed by atoms with Crippen LogP contribution in [0.4, 0.5) is 5.69 Å². The van der Waals surface area contributed by atoms with Crippen LogP contribution in [0.5, 0.6) is 0 Å². The minimum Gasteiger partial charge on any atom is -0.481 e. The highest BCUT2D eigenvalue weighted by Gasteiger charge is 2.33. The van der Waals surface area contributed by atoms with E-state index >= 15 is 0 Å². The highest BCUT2D eigenvalue weighted by molar-refractivity contribution is 5.90. The number of amides is 2. The van der Waals surface area contributed by atoms with Gasteiger partial charge in [-0.1, -0.05) is 12.1 Å². The van der Waals surface area contributed by atoms with Crippen LogP contribution in [0.25, 0.3) is 11.0 Å². The maximum absolute atomic E-state index is 14.0. The van der Waals surface area contributed by atoms with E-state index in [1.54, 1.807) is 50.6 Å². The molecule has 442 valence electrons. The molecule has 0 spiro atoms. The van der Waals surface area contributed by atoms with Crippen molar-refractivity contribution in [3.8, 4) is 0 Å². The number of para-hydroxylation sites is 2. The summed E-state index contributed by atoms with van der Waals surface area (Å²) < 4.78 is 0. The average Bonchev–Trinajstić information content (AvgIpc) is 3.81. The normalized spacial score (nSPS) is 18.4. The highest BCUT2D eigenvalue weighted by atomic mass is 16.4. The predicted octanol–water partition coefficient (Wildman–Crippen LogP) is -2.14. The summed E-state index contributed by atoms with van der Waals surface area (Å²) in [6.45, 7) is 1.85. The maximum atomic E-state index is 14.0. The molecule has 0 saturated carbocycles. The molecular weight excluding hydrogens is 1050 g/mol. The minimum atomic E-state index is -1.60. The van der Waals surface area contributed by atoms with E-state index in [0.717, 1.165) is 11.0 Å². The molecule has 80 heavy (non-hydrogen) atoms. The van der Waals surface area contributed by atoms with E-state index in [-0.39, 0.29) is 124 Å². The molecule has 29 heteroatoms. The molecule has 2 aliphatic heterocycles. The zero-order valence-corrected chi connectivity index (χ0v) is 44.9. The first-order valence-corrected chi connectivity index (χ1v) is 26.3. The lowest BCUT2D eigenvalue weighted by Gasteiger charge is -2.34. The molecule has 5 rings (SSSR count). The van der Waals surface area contributed by atoms with Crippen molar-refractivity contribution in [3.63, 3.8) is 0 Å². The van der Waals surface area contributed by atoms with Gasteiger partial charge < -0.3 is 66.5 Å². The fourth-order valence-corrected chi connectivity index (χ4v) is 9.64. The molecule has 1 aromatic heterocycles.